The predicted molar refractivity (Wildman–Crippen MR) is 98.5 cm³/mol. The summed E-state index contributed by atoms with van der Waals surface area (Å²) in [5.41, 5.74) is 0. The van der Waals surface area contributed by atoms with E-state index in [1.807, 2.05) is 22.1 Å². The minimum Gasteiger partial charge on any atom is -0.445 e. The Bertz CT molecular complexity index is 931. The van der Waals surface area contributed by atoms with E-state index in [9.17, 15) is 13.2 Å². The standard InChI is InChI=1S/C16H19N3O5S2/c1-3-7-23-16(20)19-11-13(24-26(2,21)22)9-12(19)4-5-14-17-10-15-18(14)6-8-25-15/h3-6,8,10,12-13H,1,7,9,11H2,2H3/b5-4+/t12-,13+/m1/s1. The van der Waals surface area contributed by atoms with Crippen molar-refractivity contribution in [3.8, 4) is 0 Å². The van der Waals surface area contributed by atoms with Crippen molar-refractivity contribution < 1.29 is 22.1 Å². The van der Waals surface area contributed by atoms with Crippen LogP contribution in [0.4, 0.5) is 4.79 Å². The molecule has 0 spiro atoms. The molecule has 0 saturated carbocycles. The van der Waals surface area contributed by atoms with Gasteiger partial charge in [0.1, 0.15) is 17.3 Å². The summed E-state index contributed by atoms with van der Waals surface area (Å²) in [6.45, 7) is 3.73. The van der Waals surface area contributed by atoms with Crippen molar-refractivity contribution in [1.82, 2.24) is 14.3 Å². The lowest BCUT2D eigenvalue weighted by Crippen LogP contribution is -2.35. The van der Waals surface area contributed by atoms with Gasteiger partial charge in [0.2, 0.25) is 0 Å². The van der Waals surface area contributed by atoms with Gasteiger partial charge in [-0.25, -0.2) is 9.78 Å². The topological polar surface area (TPSA) is 90.2 Å². The Morgan fingerprint density at radius 3 is 3.08 bits per heavy atom. The van der Waals surface area contributed by atoms with Gasteiger partial charge in [0.05, 0.1) is 31.1 Å². The van der Waals surface area contributed by atoms with E-state index in [-0.39, 0.29) is 19.2 Å². The molecule has 1 aliphatic rings. The first kappa shape index (κ1) is 18.6. The number of hydrogen-bond acceptors (Lipinski definition) is 7. The molecule has 0 N–H and O–H groups in total. The van der Waals surface area contributed by atoms with E-state index in [1.165, 1.54) is 11.0 Å². The predicted octanol–water partition coefficient (Wildman–Crippen LogP) is 2.15. The number of nitrogens with zero attached hydrogens (tertiary/aromatic N) is 3. The lowest BCUT2D eigenvalue weighted by molar-refractivity contribution is 0.109. The normalized spacial score (nSPS) is 20.9. The Hall–Kier alpha value is -2.17. The average molecular weight is 397 g/mol. The Morgan fingerprint density at radius 2 is 2.35 bits per heavy atom. The summed E-state index contributed by atoms with van der Waals surface area (Å²) in [7, 11) is -3.61. The molecule has 3 heterocycles. The van der Waals surface area contributed by atoms with Crippen LogP contribution in [0.25, 0.3) is 10.9 Å². The number of thiazole rings is 1. The lowest BCUT2D eigenvalue weighted by Gasteiger charge is -2.20. The second kappa shape index (κ2) is 7.60. The molecule has 0 aliphatic carbocycles. The van der Waals surface area contributed by atoms with Gasteiger partial charge in [0.15, 0.2) is 0 Å². The number of aromatic nitrogens is 2. The monoisotopic (exact) mass is 397 g/mol. The summed E-state index contributed by atoms with van der Waals surface area (Å²) in [6.07, 6.45) is 8.96. The van der Waals surface area contributed by atoms with Gasteiger partial charge in [-0.15, -0.1) is 11.3 Å². The first-order valence-corrected chi connectivity index (χ1v) is 10.6. The van der Waals surface area contributed by atoms with Crippen LogP contribution in [0.15, 0.2) is 36.5 Å². The van der Waals surface area contributed by atoms with Crippen molar-refractivity contribution in [3.05, 3.63) is 42.3 Å². The molecular formula is C16H19N3O5S2. The van der Waals surface area contributed by atoms with Crippen LogP contribution in [0, 0.1) is 0 Å². The van der Waals surface area contributed by atoms with E-state index >= 15 is 0 Å². The Morgan fingerprint density at radius 1 is 1.54 bits per heavy atom. The van der Waals surface area contributed by atoms with E-state index < -0.39 is 22.3 Å². The summed E-state index contributed by atoms with van der Waals surface area (Å²) in [5.74, 6) is 0.730. The van der Waals surface area contributed by atoms with Gasteiger partial charge < -0.3 is 4.74 Å². The zero-order chi connectivity index (χ0) is 18.7. The van der Waals surface area contributed by atoms with Crippen molar-refractivity contribution in [3.63, 3.8) is 0 Å². The van der Waals surface area contributed by atoms with Crippen LogP contribution in [0.1, 0.15) is 12.2 Å². The van der Waals surface area contributed by atoms with E-state index in [0.717, 1.165) is 16.9 Å². The fraction of sp³-hybridized carbons (Fsp3) is 0.375. The third-order valence-electron chi connectivity index (χ3n) is 3.83. The highest BCUT2D eigenvalue weighted by atomic mass is 32.2. The van der Waals surface area contributed by atoms with E-state index in [1.54, 1.807) is 23.6 Å². The number of carbonyl (C=O) groups excluding carboxylic acids is 1. The summed E-state index contributed by atoms with van der Waals surface area (Å²) < 4.78 is 34.9. The van der Waals surface area contributed by atoms with Gasteiger partial charge in [-0.05, 0) is 6.08 Å². The molecule has 3 rings (SSSR count). The number of amides is 1. The third kappa shape index (κ3) is 4.32. The first-order valence-electron chi connectivity index (χ1n) is 7.88. The number of rotatable bonds is 6. The maximum absolute atomic E-state index is 12.3. The van der Waals surface area contributed by atoms with Crippen molar-refractivity contribution in [1.29, 1.82) is 0 Å². The third-order valence-corrected chi connectivity index (χ3v) is 5.26. The molecule has 8 nitrogen and oxygen atoms in total. The maximum atomic E-state index is 12.3. The zero-order valence-electron chi connectivity index (χ0n) is 14.1. The van der Waals surface area contributed by atoms with Crippen LogP contribution in [-0.4, -0.2) is 60.3 Å². The number of hydrogen-bond donors (Lipinski definition) is 0. The van der Waals surface area contributed by atoms with Crippen LogP contribution in [0.3, 0.4) is 0 Å². The quantitative estimate of drug-likeness (QED) is 0.548. The van der Waals surface area contributed by atoms with Gasteiger partial charge in [-0.1, -0.05) is 18.7 Å². The minimum absolute atomic E-state index is 0.0825. The molecule has 10 heteroatoms. The van der Waals surface area contributed by atoms with Crippen LogP contribution in [0.2, 0.25) is 0 Å². The highest BCUT2D eigenvalue weighted by Crippen LogP contribution is 2.24. The minimum atomic E-state index is -3.61. The second-order valence-corrected chi connectivity index (χ2v) is 8.36. The van der Waals surface area contributed by atoms with Crippen LogP contribution >= 0.6 is 11.3 Å². The van der Waals surface area contributed by atoms with Crippen molar-refractivity contribution in [2.24, 2.45) is 0 Å². The molecule has 0 bridgehead atoms. The molecule has 1 aliphatic heterocycles. The highest BCUT2D eigenvalue weighted by molar-refractivity contribution is 7.86. The molecule has 0 radical (unpaired) electrons. The number of imidazole rings is 1. The zero-order valence-corrected chi connectivity index (χ0v) is 15.8. The molecule has 2 atom stereocenters. The fourth-order valence-corrected chi connectivity index (χ4v) is 4.16. The smallest absolute Gasteiger partial charge is 0.410 e. The second-order valence-electron chi connectivity index (χ2n) is 5.83. The lowest BCUT2D eigenvalue weighted by atomic mass is 10.2. The Balaban J connectivity index is 1.78. The molecule has 0 unspecified atom stereocenters. The van der Waals surface area contributed by atoms with E-state index in [2.05, 4.69) is 11.6 Å². The summed E-state index contributed by atoms with van der Waals surface area (Å²) in [5, 5.41) is 1.96. The van der Waals surface area contributed by atoms with Gasteiger partial charge in [0.25, 0.3) is 10.1 Å². The molecule has 1 saturated heterocycles. The summed E-state index contributed by atoms with van der Waals surface area (Å²) in [6, 6.07) is -0.356. The van der Waals surface area contributed by atoms with Crippen LogP contribution in [0.5, 0.6) is 0 Å². The Kier molecular flexibility index (Phi) is 5.44. The SMILES string of the molecule is C=CCOC(=O)N1C[C@@H](OS(C)(=O)=O)C[C@H]1/C=C/c1ncc2sccn12. The van der Waals surface area contributed by atoms with Crippen LogP contribution in [-0.2, 0) is 19.0 Å². The molecule has 140 valence electrons. The van der Waals surface area contributed by atoms with Crippen molar-refractivity contribution in [2.75, 3.05) is 19.4 Å². The number of carbonyl (C=O) groups is 1. The fourth-order valence-electron chi connectivity index (χ4n) is 2.83. The van der Waals surface area contributed by atoms with Crippen molar-refractivity contribution >= 4 is 38.5 Å². The van der Waals surface area contributed by atoms with Gasteiger partial charge >= 0.3 is 6.09 Å². The van der Waals surface area contributed by atoms with Gasteiger partial charge in [-0.3, -0.25) is 13.5 Å². The molecular weight excluding hydrogens is 378 g/mol. The van der Waals surface area contributed by atoms with E-state index in [4.69, 9.17) is 8.92 Å². The van der Waals surface area contributed by atoms with Crippen molar-refractivity contribution in [2.45, 2.75) is 18.6 Å². The number of ether oxygens (including phenoxy) is 1. The molecule has 1 fully saturated rings. The largest absolute Gasteiger partial charge is 0.445 e. The molecule has 0 aromatic carbocycles. The Labute approximate surface area is 155 Å². The van der Waals surface area contributed by atoms with Gasteiger partial charge in [0, 0.05) is 18.0 Å². The molecule has 2 aromatic heterocycles. The summed E-state index contributed by atoms with van der Waals surface area (Å²) in [4.78, 5) is 19.0. The summed E-state index contributed by atoms with van der Waals surface area (Å²) >= 11 is 1.57. The number of likely N-dealkylation sites (tertiary alicyclic amines) is 1. The van der Waals surface area contributed by atoms with Gasteiger partial charge in [-0.2, -0.15) is 8.42 Å². The molecule has 1 amide bonds. The first-order chi connectivity index (χ1) is 12.4. The number of fused-ring (bicyclic) bond motifs is 1. The highest BCUT2D eigenvalue weighted by Gasteiger charge is 2.37. The average Bonchev–Trinajstić information content (AvgIpc) is 3.25. The molecule has 26 heavy (non-hydrogen) atoms. The van der Waals surface area contributed by atoms with Crippen LogP contribution < -0.4 is 0 Å². The van der Waals surface area contributed by atoms with E-state index in [0.29, 0.717) is 6.42 Å². The molecule has 2 aromatic rings. The maximum Gasteiger partial charge on any atom is 0.410 e.